The molecule has 1 aromatic carbocycles. The zero-order valence-corrected chi connectivity index (χ0v) is 11.5. The minimum Gasteiger partial charge on any atom is -0.466 e. The molecule has 0 heterocycles. The van der Waals surface area contributed by atoms with E-state index >= 15 is 0 Å². The number of carbonyl (C=O) groups is 1. The Morgan fingerprint density at radius 1 is 1.28 bits per heavy atom. The molecule has 0 fully saturated rings. The van der Waals surface area contributed by atoms with Crippen LogP contribution in [-0.4, -0.2) is 19.6 Å². The summed E-state index contributed by atoms with van der Waals surface area (Å²) in [4.78, 5) is 11.8. The third-order valence-corrected chi connectivity index (χ3v) is 3.23. The van der Waals surface area contributed by atoms with Crippen LogP contribution < -0.4 is 5.32 Å². The highest BCUT2D eigenvalue weighted by molar-refractivity contribution is 5.71. The smallest absolute Gasteiger partial charge is 0.308 e. The highest BCUT2D eigenvalue weighted by atomic mass is 16.5. The van der Waals surface area contributed by atoms with Gasteiger partial charge in [-0.25, -0.2) is 0 Å². The Labute approximate surface area is 110 Å². The molecule has 1 rings (SSSR count). The summed E-state index contributed by atoms with van der Waals surface area (Å²) < 4.78 is 5.09. The lowest BCUT2D eigenvalue weighted by molar-refractivity contribution is -0.145. The van der Waals surface area contributed by atoms with E-state index in [0.717, 1.165) is 18.4 Å². The van der Waals surface area contributed by atoms with E-state index in [1.54, 1.807) is 0 Å². The van der Waals surface area contributed by atoms with Gasteiger partial charge in [0.1, 0.15) is 0 Å². The van der Waals surface area contributed by atoms with Gasteiger partial charge < -0.3 is 10.1 Å². The van der Waals surface area contributed by atoms with Crippen molar-refractivity contribution in [3.63, 3.8) is 0 Å². The van der Waals surface area contributed by atoms with Crippen LogP contribution in [0, 0.1) is 0 Å². The predicted octanol–water partition coefficient (Wildman–Crippen LogP) is 2.85. The van der Waals surface area contributed by atoms with Crippen molar-refractivity contribution in [2.24, 2.45) is 0 Å². The van der Waals surface area contributed by atoms with Crippen LogP contribution in [0.4, 0.5) is 0 Å². The number of ether oxygens (including phenoxy) is 1. The summed E-state index contributed by atoms with van der Waals surface area (Å²) in [6.45, 7) is 4.39. The second kappa shape index (κ2) is 7.17. The Bertz CT molecular complexity index is 364. The van der Waals surface area contributed by atoms with Crippen molar-refractivity contribution in [3.05, 3.63) is 35.9 Å². The van der Waals surface area contributed by atoms with Gasteiger partial charge in [0.15, 0.2) is 0 Å². The Morgan fingerprint density at radius 3 is 2.44 bits per heavy atom. The molecule has 1 atom stereocenters. The van der Waals surface area contributed by atoms with Gasteiger partial charge in [-0.3, -0.25) is 4.79 Å². The van der Waals surface area contributed by atoms with Crippen molar-refractivity contribution >= 4 is 5.97 Å². The quantitative estimate of drug-likeness (QED) is 0.755. The largest absolute Gasteiger partial charge is 0.466 e. The molecule has 0 aliphatic carbocycles. The fourth-order valence-electron chi connectivity index (χ4n) is 2.33. The zero-order valence-electron chi connectivity index (χ0n) is 11.5. The Morgan fingerprint density at radius 2 is 1.94 bits per heavy atom. The molecule has 1 aromatic rings. The second-order valence-corrected chi connectivity index (χ2v) is 4.43. The highest BCUT2D eigenvalue weighted by Gasteiger charge is 2.32. The van der Waals surface area contributed by atoms with Crippen LogP contribution in [0.15, 0.2) is 30.3 Å². The topological polar surface area (TPSA) is 38.3 Å². The molecule has 18 heavy (non-hydrogen) atoms. The molecule has 0 spiro atoms. The van der Waals surface area contributed by atoms with Gasteiger partial charge >= 0.3 is 5.97 Å². The molecular weight excluding hydrogens is 226 g/mol. The Balaban J connectivity index is 2.97. The number of benzene rings is 1. The lowest BCUT2D eigenvalue weighted by Gasteiger charge is -2.33. The standard InChI is InChI=1S/C15H23NO2/c1-4-11-15(16-3,12-14(17)18-5-2)13-9-7-6-8-10-13/h6-10,16H,4-5,11-12H2,1-3H3. The van der Waals surface area contributed by atoms with E-state index in [4.69, 9.17) is 4.74 Å². The molecule has 0 bridgehead atoms. The fraction of sp³-hybridized carbons (Fsp3) is 0.533. The van der Waals surface area contributed by atoms with E-state index in [1.165, 1.54) is 0 Å². The van der Waals surface area contributed by atoms with E-state index in [0.29, 0.717) is 13.0 Å². The molecule has 0 radical (unpaired) electrons. The third kappa shape index (κ3) is 3.57. The van der Waals surface area contributed by atoms with E-state index in [1.807, 2.05) is 32.2 Å². The molecule has 1 unspecified atom stereocenters. The van der Waals surface area contributed by atoms with Crippen LogP contribution in [-0.2, 0) is 15.1 Å². The normalized spacial score (nSPS) is 13.9. The molecule has 0 aliphatic heterocycles. The molecule has 0 saturated heterocycles. The summed E-state index contributed by atoms with van der Waals surface area (Å²) >= 11 is 0. The van der Waals surface area contributed by atoms with Gasteiger partial charge in [-0.15, -0.1) is 0 Å². The number of nitrogens with one attached hydrogen (secondary N) is 1. The van der Waals surface area contributed by atoms with E-state index < -0.39 is 0 Å². The molecule has 0 saturated carbocycles. The van der Waals surface area contributed by atoms with Crippen LogP contribution >= 0.6 is 0 Å². The van der Waals surface area contributed by atoms with E-state index in [9.17, 15) is 4.79 Å². The van der Waals surface area contributed by atoms with Crippen molar-refractivity contribution < 1.29 is 9.53 Å². The number of rotatable bonds is 7. The first kappa shape index (κ1) is 14.7. The van der Waals surface area contributed by atoms with Gasteiger partial charge in [-0.1, -0.05) is 43.7 Å². The number of esters is 1. The fourth-order valence-corrected chi connectivity index (χ4v) is 2.33. The maximum atomic E-state index is 11.8. The van der Waals surface area contributed by atoms with Crippen molar-refractivity contribution in [1.82, 2.24) is 5.32 Å². The maximum Gasteiger partial charge on any atom is 0.308 e. The Hall–Kier alpha value is -1.35. The molecule has 3 nitrogen and oxygen atoms in total. The van der Waals surface area contributed by atoms with Crippen LogP contribution in [0.3, 0.4) is 0 Å². The number of hydrogen-bond donors (Lipinski definition) is 1. The molecule has 0 amide bonds. The third-order valence-electron chi connectivity index (χ3n) is 3.23. The molecule has 0 aliphatic rings. The molecule has 0 aromatic heterocycles. The first-order valence-corrected chi connectivity index (χ1v) is 6.58. The van der Waals surface area contributed by atoms with Gasteiger partial charge in [-0.2, -0.15) is 0 Å². The molecular formula is C15H23NO2. The van der Waals surface area contributed by atoms with Crippen molar-refractivity contribution in [1.29, 1.82) is 0 Å². The average molecular weight is 249 g/mol. The summed E-state index contributed by atoms with van der Waals surface area (Å²) in [7, 11) is 1.90. The summed E-state index contributed by atoms with van der Waals surface area (Å²) in [6, 6.07) is 10.1. The summed E-state index contributed by atoms with van der Waals surface area (Å²) in [5, 5.41) is 3.32. The summed E-state index contributed by atoms with van der Waals surface area (Å²) in [6.07, 6.45) is 2.29. The summed E-state index contributed by atoms with van der Waals surface area (Å²) in [5.74, 6) is -0.149. The van der Waals surface area contributed by atoms with Crippen LogP contribution in [0.25, 0.3) is 0 Å². The first-order chi connectivity index (χ1) is 8.68. The van der Waals surface area contributed by atoms with Crippen molar-refractivity contribution in [3.8, 4) is 0 Å². The maximum absolute atomic E-state index is 11.8. The average Bonchev–Trinajstić information content (AvgIpc) is 2.39. The number of carbonyl (C=O) groups excluding carboxylic acids is 1. The van der Waals surface area contributed by atoms with Crippen LogP contribution in [0.5, 0.6) is 0 Å². The zero-order chi connectivity index (χ0) is 13.4. The van der Waals surface area contributed by atoms with E-state index in [-0.39, 0.29) is 11.5 Å². The number of hydrogen-bond acceptors (Lipinski definition) is 3. The van der Waals surface area contributed by atoms with Crippen LogP contribution in [0.2, 0.25) is 0 Å². The van der Waals surface area contributed by atoms with Crippen LogP contribution in [0.1, 0.15) is 38.7 Å². The van der Waals surface area contributed by atoms with Crippen molar-refractivity contribution in [2.75, 3.05) is 13.7 Å². The molecule has 3 heteroatoms. The Kier molecular flexibility index (Phi) is 5.86. The monoisotopic (exact) mass is 249 g/mol. The second-order valence-electron chi connectivity index (χ2n) is 4.43. The minimum atomic E-state index is -0.317. The SMILES string of the molecule is CCCC(CC(=O)OCC)(NC)c1ccccc1. The molecule has 1 N–H and O–H groups in total. The van der Waals surface area contributed by atoms with Gasteiger partial charge in [-0.05, 0) is 26.0 Å². The first-order valence-electron chi connectivity index (χ1n) is 6.58. The van der Waals surface area contributed by atoms with Gasteiger partial charge in [0.05, 0.1) is 18.6 Å². The predicted molar refractivity (Wildman–Crippen MR) is 73.3 cm³/mol. The van der Waals surface area contributed by atoms with Gasteiger partial charge in [0.25, 0.3) is 0 Å². The lowest BCUT2D eigenvalue weighted by atomic mass is 9.82. The molecule has 100 valence electrons. The van der Waals surface area contributed by atoms with Gasteiger partial charge in [0, 0.05) is 0 Å². The van der Waals surface area contributed by atoms with Gasteiger partial charge in [0.2, 0.25) is 0 Å². The highest BCUT2D eigenvalue weighted by Crippen LogP contribution is 2.30. The lowest BCUT2D eigenvalue weighted by Crippen LogP contribution is -2.42. The van der Waals surface area contributed by atoms with Crippen molar-refractivity contribution in [2.45, 2.75) is 38.6 Å². The summed E-state index contributed by atoms with van der Waals surface area (Å²) in [5.41, 5.74) is 0.824. The minimum absolute atomic E-state index is 0.149. The van der Waals surface area contributed by atoms with E-state index in [2.05, 4.69) is 24.4 Å².